The Balaban J connectivity index is 1.65. The van der Waals surface area contributed by atoms with E-state index in [9.17, 15) is 9.18 Å². The van der Waals surface area contributed by atoms with Gasteiger partial charge in [-0.15, -0.1) is 11.8 Å². The second kappa shape index (κ2) is 8.71. The lowest BCUT2D eigenvalue weighted by molar-refractivity contribution is -0.118. The van der Waals surface area contributed by atoms with Crippen molar-refractivity contribution in [1.29, 1.82) is 0 Å². The summed E-state index contributed by atoms with van der Waals surface area (Å²) in [6.45, 7) is 0.310. The van der Waals surface area contributed by atoms with Gasteiger partial charge in [0.1, 0.15) is 5.82 Å². The van der Waals surface area contributed by atoms with Crippen molar-refractivity contribution >= 4 is 44.4 Å². The summed E-state index contributed by atoms with van der Waals surface area (Å²) in [5.74, 6) is -0.392. The largest absolute Gasteiger partial charge is 0.282 e. The van der Waals surface area contributed by atoms with Gasteiger partial charge < -0.3 is 0 Å². The molecule has 0 saturated heterocycles. The minimum absolute atomic E-state index is 0.0768. The summed E-state index contributed by atoms with van der Waals surface area (Å²) in [6, 6.07) is 18.0. The highest BCUT2D eigenvalue weighted by atomic mass is 32.2. The Labute approximate surface area is 176 Å². The van der Waals surface area contributed by atoms with E-state index in [1.54, 1.807) is 28.9 Å². The molecule has 0 bridgehead atoms. The molecule has 0 saturated carbocycles. The molecule has 4 nitrogen and oxygen atoms in total. The summed E-state index contributed by atoms with van der Waals surface area (Å²) in [6.07, 6.45) is 3.98. The number of hydrogen-bond donors (Lipinski definition) is 0. The Bertz CT molecular complexity index is 1130. The second-order valence-corrected chi connectivity index (χ2v) is 8.32. The maximum atomic E-state index is 13.6. The van der Waals surface area contributed by atoms with Gasteiger partial charge in [0.25, 0.3) is 0 Å². The van der Waals surface area contributed by atoms with Crippen molar-refractivity contribution in [3.8, 4) is 0 Å². The fourth-order valence-corrected chi connectivity index (χ4v) is 4.35. The van der Waals surface area contributed by atoms with Crippen molar-refractivity contribution in [2.75, 3.05) is 11.2 Å². The third-order valence-electron chi connectivity index (χ3n) is 4.43. The minimum Gasteiger partial charge on any atom is -0.282 e. The lowest BCUT2D eigenvalue weighted by Crippen LogP contribution is -2.32. The molecule has 0 aliphatic carbocycles. The molecule has 0 aliphatic rings. The van der Waals surface area contributed by atoms with Gasteiger partial charge in [-0.3, -0.25) is 14.7 Å². The molecule has 0 spiro atoms. The number of fused-ring (bicyclic) bond motifs is 1. The average molecular weight is 424 g/mol. The van der Waals surface area contributed by atoms with Gasteiger partial charge in [-0.2, -0.15) is 0 Å². The maximum absolute atomic E-state index is 13.6. The van der Waals surface area contributed by atoms with Crippen LogP contribution in [-0.4, -0.2) is 22.1 Å². The van der Waals surface area contributed by atoms with Crippen molar-refractivity contribution in [2.45, 2.75) is 17.9 Å². The number of thioether (sulfide) groups is 1. The monoisotopic (exact) mass is 423 g/mol. The summed E-state index contributed by atoms with van der Waals surface area (Å²) in [4.78, 5) is 24.9. The molecule has 0 N–H and O–H groups in total. The summed E-state index contributed by atoms with van der Waals surface area (Å²) < 4.78 is 14.3. The van der Waals surface area contributed by atoms with Gasteiger partial charge in [-0.1, -0.05) is 29.5 Å². The third kappa shape index (κ3) is 4.63. The molecule has 2 heterocycles. The van der Waals surface area contributed by atoms with Crippen LogP contribution in [0, 0.1) is 5.82 Å². The van der Waals surface area contributed by atoms with E-state index < -0.39 is 0 Å². The zero-order valence-corrected chi connectivity index (χ0v) is 17.3. The number of benzene rings is 2. The number of carbonyl (C=O) groups is 1. The Morgan fingerprint density at radius 2 is 1.97 bits per heavy atom. The van der Waals surface area contributed by atoms with E-state index in [4.69, 9.17) is 0 Å². The quantitative estimate of drug-likeness (QED) is 0.393. The van der Waals surface area contributed by atoms with Crippen LogP contribution in [-0.2, 0) is 17.8 Å². The SMILES string of the molecule is CSc1ccc(CC(=O)N(Cc2ccccn2)c2nc3ccc(F)cc3s2)cc1. The van der Waals surface area contributed by atoms with Crippen LogP contribution in [0.4, 0.5) is 9.52 Å². The highest BCUT2D eigenvalue weighted by molar-refractivity contribution is 7.98. The van der Waals surface area contributed by atoms with Gasteiger partial charge in [0.15, 0.2) is 5.13 Å². The normalized spacial score (nSPS) is 11.0. The molecule has 7 heteroatoms. The van der Waals surface area contributed by atoms with Crippen LogP contribution in [0.3, 0.4) is 0 Å². The minimum atomic E-state index is -0.316. The smallest absolute Gasteiger partial charge is 0.233 e. The van der Waals surface area contributed by atoms with E-state index in [-0.39, 0.29) is 18.1 Å². The first kappa shape index (κ1) is 19.5. The number of rotatable bonds is 6. The fraction of sp³-hybridized carbons (Fsp3) is 0.136. The van der Waals surface area contributed by atoms with Crippen LogP contribution in [0.15, 0.2) is 71.8 Å². The Hall–Kier alpha value is -2.77. The fourth-order valence-electron chi connectivity index (χ4n) is 2.93. The Kier molecular flexibility index (Phi) is 5.87. The van der Waals surface area contributed by atoms with Crippen LogP contribution in [0.5, 0.6) is 0 Å². The summed E-state index contributed by atoms with van der Waals surface area (Å²) >= 11 is 2.97. The standard InChI is InChI=1S/C22H18FN3OS2/c1-28-18-8-5-15(6-9-18)12-21(27)26(14-17-4-2-3-11-24-17)22-25-19-10-7-16(23)13-20(19)29-22/h2-11,13H,12,14H2,1H3. The zero-order valence-electron chi connectivity index (χ0n) is 15.7. The number of amides is 1. The van der Waals surface area contributed by atoms with Crippen molar-refractivity contribution < 1.29 is 9.18 Å². The van der Waals surface area contributed by atoms with Gasteiger partial charge in [-0.05, 0) is 54.3 Å². The molecule has 0 aliphatic heterocycles. The van der Waals surface area contributed by atoms with Gasteiger partial charge in [-0.25, -0.2) is 9.37 Å². The number of carbonyl (C=O) groups excluding carboxylic acids is 1. The van der Waals surface area contributed by atoms with E-state index in [1.165, 1.54) is 23.5 Å². The zero-order chi connectivity index (χ0) is 20.2. The van der Waals surface area contributed by atoms with E-state index >= 15 is 0 Å². The lowest BCUT2D eigenvalue weighted by atomic mass is 10.1. The van der Waals surface area contributed by atoms with Crippen LogP contribution < -0.4 is 4.90 Å². The molecule has 29 heavy (non-hydrogen) atoms. The molecule has 0 radical (unpaired) electrons. The number of hydrogen-bond acceptors (Lipinski definition) is 5. The van der Waals surface area contributed by atoms with E-state index in [1.807, 2.05) is 48.7 Å². The molecule has 2 aromatic carbocycles. The lowest BCUT2D eigenvalue weighted by Gasteiger charge is -2.19. The third-order valence-corrected chi connectivity index (χ3v) is 6.22. The first-order chi connectivity index (χ1) is 14.1. The molecule has 4 rings (SSSR count). The number of anilines is 1. The predicted molar refractivity (Wildman–Crippen MR) is 117 cm³/mol. The Morgan fingerprint density at radius 3 is 2.69 bits per heavy atom. The van der Waals surface area contributed by atoms with Gasteiger partial charge in [0.2, 0.25) is 5.91 Å². The van der Waals surface area contributed by atoms with Crippen LogP contribution in [0.2, 0.25) is 0 Å². The first-order valence-electron chi connectivity index (χ1n) is 9.01. The molecule has 146 valence electrons. The molecule has 2 aromatic heterocycles. The first-order valence-corrected chi connectivity index (χ1v) is 11.1. The summed E-state index contributed by atoms with van der Waals surface area (Å²) in [7, 11) is 0. The van der Waals surface area contributed by atoms with Gasteiger partial charge in [0, 0.05) is 11.1 Å². The van der Waals surface area contributed by atoms with E-state index in [2.05, 4.69) is 9.97 Å². The van der Waals surface area contributed by atoms with Crippen LogP contribution in [0.1, 0.15) is 11.3 Å². The maximum Gasteiger partial charge on any atom is 0.233 e. The summed E-state index contributed by atoms with van der Waals surface area (Å²) in [5.41, 5.74) is 2.38. The number of thiazole rings is 1. The number of pyridine rings is 1. The highest BCUT2D eigenvalue weighted by Crippen LogP contribution is 2.30. The predicted octanol–water partition coefficient (Wildman–Crippen LogP) is 5.33. The molecular formula is C22H18FN3OS2. The van der Waals surface area contributed by atoms with Crippen molar-refractivity contribution in [1.82, 2.24) is 9.97 Å². The average Bonchev–Trinajstić information content (AvgIpc) is 3.16. The second-order valence-electron chi connectivity index (χ2n) is 6.43. The van der Waals surface area contributed by atoms with Crippen molar-refractivity contribution in [3.63, 3.8) is 0 Å². The van der Waals surface area contributed by atoms with E-state index in [0.29, 0.717) is 21.9 Å². The van der Waals surface area contributed by atoms with Gasteiger partial charge in [0.05, 0.1) is 28.9 Å². The topological polar surface area (TPSA) is 46.1 Å². The van der Waals surface area contributed by atoms with Crippen molar-refractivity contribution in [3.05, 3.63) is 83.9 Å². The molecule has 0 fully saturated rings. The number of nitrogens with zero attached hydrogens (tertiary/aromatic N) is 3. The van der Waals surface area contributed by atoms with Crippen LogP contribution >= 0.6 is 23.1 Å². The highest BCUT2D eigenvalue weighted by Gasteiger charge is 2.21. The number of aromatic nitrogens is 2. The molecule has 0 unspecified atom stereocenters. The Morgan fingerprint density at radius 1 is 1.14 bits per heavy atom. The molecule has 0 atom stereocenters. The van der Waals surface area contributed by atoms with Crippen LogP contribution in [0.25, 0.3) is 10.2 Å². The van der Waals surface area contributed by atoms with Crippen molar-refractivity contribution in [2.24, 2.45) is 0 Å². The van der Waals surface area contributed by atoms with Gasteiger partial charge >= 0.3 is 0 Å². The molecule has 4 aromatic rings. The molecular weight excluding hydrogens is 405 g/mol. The summed E-state index contributed by atoms with van der Waals surface area (Å²) in [5, 5.41) is 0.544. The number of halogens is 1. The molecule has 1 amide bonds. The van der Waals surface area contributed by atoms with E-state index in [0.717, 1.165) is 16.2 Å².